The van der Waals surface area contributed by atoms with Gasteiger partial charge in [0.2, 0.25) is 5.91 Å². The number of nitrogens with one attached hydrogen (secondary N) is 1. The number of piperidine rings is 1. The van der Waals surface area contributed by atoms with Gasteiger partial charge >= 0.3 is 6.03 Å². The van der Waals surface area contributed by atoms with Crippen LogP contribution in [0.4, 0.5) is 10.6 Å². The van der Waals surface area contributed by atoms with Crippen LogP contribution < -0.4 is 5.32 Å². The molecule has 3 heterocycles. The molecule has 1 aromatic carbocycles. The molecule has 2 aliphatic heterocycles. The van der Waals surface area contributed by atoms with Gasteiger partial charge in [-0.3, -0.25) is 4.79 Å². The number of hydrogen-bond acceptors (Lipinski definition) is 3. The number of urea groups is 1. The van der Waals surface area contributed by atoms with E-state index in [4.69, 9.17) is 5.10 Å². The van der Waals surface area contributed by atoms with E-state index >= 15 is 0 Å². The van der Waals surface area contributed by atoms with Crippen LogP contribution in [-0.4, -0.2) is 57.7 Å². The summed E-state index contributed by atoms with van der Waals surface area (Å²) in [5, 5.41) is 8.05. The minimum absolute atomic E-state index is 0.0355. The van der Waals surface area contributed by atoms with Gasteiger partial charge in [-0.15, -0.1) is 0 Å². The van der Waals surface area contributed by atoms with Crippen LogP contribution >= 0.6 is 0 Å². The molecule has 1 aromatic heterocycles. The van der Waals surface area contributed by atoms with Gasteiger partial charge in [0, 0.05) is 44.1 Å². The second-order valence-electron chi connectivity index (χ2n) is 9.41. The second-order valence-corrected chi connectivity index (χ2v) is 9.41. The Morgan fingerprint density at radius 2 is 1.50 bits per heavy atom. The number of carbonyl (C=O) groups excluding carboxylic acids is 2. The summed E-state index contributed by atoms with van der Waals surface area (Å²) in [4.78, 5) is 29.7. The van der Waals surface area contributed by atoms with Crippen molar-refractivity contribution in [2.75, 3.05) is 31.5 Å². The standard InChI is InChI=1S/C25H33N5O2/c31-24(20-12-16-29(17-13-20)25(32)28-14-6-7-15-28)26-23-18-22(19-8-4-5-9-19)27-30(23)21-10-2-1-3-11-21/h1-3,10-11,18-20H,4-9,12-17H2,(H,26,31). The maximum atomic E-state index is 13.1. The third kappa shape index (κ3) is 4.38. The number of rotatable bonds is 4. The lowest BCUT2D eigenvalue weighted by atomic mass is 9.96. The van der Waals surface area contributed by atoms with Crippen molar-refractivity contribution in [1.29, 1.82) is 0 Å². The van der Waals surface area contributed by atoms with Crippen molar-refractivity contribution in [2.24, 2.45) is 5.92 Å². The van der Waals surface area contributed by atoms with Gasteiger partial charge in [0.05, 0.1) is 11.4 Å². The number of para-hydroxylation sites is 1. The quantitative estimate of drug-likeness (QED) is 0.774. The number of benzene rings is 1. The first kappa shape index (κ1) is 21.0. The van der Waals surface area contributed by atoms with Gasteiger partial charge in [-0.25, -0.2) is 9.48 Å². The van der Waals surface area contributed by atoms with E-state index in [1.54, 1.807) is 0 Å². The zero-order valence-corrected chi connectivity index (χ0v) is 18.7. The summed E-state index contributed by atoms with van der Waals surface area (Å²) in [6.07, 6.45) is 8.45. The van der Waals surface area contributed by atoms with E-state index in [2.05, 4.69) is 11.4 Å². The molecule has 0 spiro atoms. The zero-order valence-electron chi connectivity index (χ0n) is 18.7. The molecule has 3 fully saturated rings. The molecule has 2 aromatic rings. The van der Waals surface area contributed by atoms with E-state index in [-0.39, 0.29) is 17.9 Å². The number of aromatic nitrogens is 2. The van der Waals surface area contributed by atoms with Crippen LogP contribution in [0.25, 0.3) is 5.69 Å². The van der Waals surface area contributed by atoms with Crippen LogP contribution in [0, 0.1) is 5.92 Å². The Morgan fingerprint density at radius 3 is 2.19 bits per heavy atom. The molecule has 1 N–H and O–H groups in total. The van der Waals surface area contributed by atoms with Crippen LogP contribution in [0.1, 0.15) is 63.0 Å². The first-order valence-corrected chi connectivity index (χ1v) is 12.2. The molecule has 32 heavy (non-hydrogen) atoms. The van der Waals surface area contributed by atoms with Gasteiger partial charge in [0.1, 0.15) is 5.82 Å². The average molecular weight is 436 g/mol. The normalized spacial score (nSPS) is 20.1. The Balaban J connectivity index is 1.26. The van der Waals surface area contributed by atoms with Gasteiger partial charge in [-0.1, -0.05) is 31.0 Å². The highest BCUT2D eigenvalue weighted by Crippen LogP contribution is 2.35. The molecule has 3 amide bonds. The van der Waals surface area contributed by atoms with Gasteiger partial charge in [0.15, 0.2) is 0 Å². The second kappa shape index (κ2) is 9.35. The molecule has 0 radical (unpaired) electrons. The van der Waals surface area contributed by atoms with E-state index in [1.165, 1.54) is 25.7 Å². The lowest BCUT2D eigenvalue weighted by molar-refractivity contribution is -0.121. The summed E-state index contributed by atoms with van der Waals surface area (Å²) >= 11 is 0. The Morgan fingerprint density at radius 1 is 0.844 bits per heavy atom. The Kier molecular flexibility index (Phi) is 6.14. The molecule has 7 heteroatoms. The fourth-order valence-corrected chi connectivity index (χ4v) is 5.35. The van der Waals surface area contributed by atoms with Crippen molar-refractivity contribution in [3.63, 3.8) is 0 Å². The maximum absolute atomic E-state index is 13.1. The largest absolute Gasteiger partial charge is 0.325 e. The summed E-state index contributed by atoms with van der Waals surface area (Å²) in [7, 11) is 0. The highest BCUT2D eigenvalue weighted by atomic mass is 16.2. The number of amides is 3. The molecule has 0 atom stereocenters. The molecular weight excluding hydrogens is 402 g/mol. The monoisotopic (exact) mass is 435 g/mol. The maximum Gasteiger partial charge on any atom is 0.319 e. The topological polar surface area (TPSA) is 70.5 Å². The van der Waals surface area contributed by atoms with Crippen LogP contribution in [-0.2, 0) is 4.79 Å². The number of likely N-dealkylation sites (tertiary alicyclic amines) is 2. The summed E-state index contributed by atoms with van der Waals surface area (Å²) in [6.45, 7) is 3.04. The van der Waals surface area contributed by atoms with E-state index in [1.807, 2.05) is 44.8 Å². The van der Waals surface area contributed by atoms with Crippen LogP contribution in [0.3, 0.4) is 0 Å². The lowest BCUT2D eigenvalue weighted by Crippen LogP contribution is -2.47. The number of anilines is 1. The fourth-order valence-electron chi connectivity index (χ4n) is 5.35. The Bertz CT molecular complexity index is 936. The molecule has 170 valence electrons. The van der Waals surface area contributed by atoms with Crippen molar-refractivity contribution >= 4 is 17.8 Å². The number of nitrogens with zero attached hydrogens (tertiary/aromatic N) is 4. The first-order chi connectivity index (χ1) is 15.7. The number of carbonyl (C=O) groups is 2. The van der Waals surface area contributed by atoms with Crippen molar-refractivity contribution in [3.8, 4) is 5.69 Å². The molecule has 7 nitrogen and oxygen atoms in total. The number of hydrogen-bond donors (Lipinski definition) is 1. The van der Waals surface area contributed by atoms with Crippen LogP contribution in [0.2, 0.25) is 0 Å². The van der Waals surface area contributed by atoms with Crippen molar-refractivity contribution in [2.45, 2.75) is 57.3 Å². The minimum Gasteiger partial charge on any atom is -0.325 e. The lowest BCUT2D eigenvalue weighted by Gasteiger charge is -2.34. The summed E-state index contributed by atoms with van der Waals surface area (Å²) in [6, 6.07) is 12.2. The highest BCUT2D eigenvalue weighted by molar-refractivity contribution is 5.92. The molecule has 3 aliphatic rings. The van der Waals surface area contributed by atoms with E-state index < -0.39 is 0 Å². The van der Waals surface area contributed by atoms with Gasteiger partial charge in [-0.05, 0) is 50.7 Å². The van der Waals surface area contributed by atoms with Crippen molar-refractivity contribution < 1.29 is 9.59 Å². The molecule has 0 unspecified atom stereocenters. The highest BCUT2D eigenvalue weighted by Gasteiger charge is 2.31. The zero-order chi connectivity index (χ0) is 21.9. The van der Waals surface area contributed by atoms with Gasteiger partial charge < -0.3 is 15.1 Å². The smallest absolute Gasteiger partial charge is 0.319 e. The van der Waals surface area contributed by atoms with Gasteiger partial charge in [0.25, 0.3) is 0 Å². The van der Waals surface area contributed by atoms with E-state index in [9.17, 15) is 9.59 Å². The van der Waals surface area contributed by atoms with E-state index in [0.29, 0.717) is 31.8 Å². The van der Waals surface area contributed by atoms with Crippen LogP contribution in [0.15, 0.2) is 36.4 Å². The summed E-state index contributed by atoms with van der Waals surface area (Å²) in [5.41, 5.74) is 2.03. The summed E-state index contributed by atoms with van der Waals surface area (Å²) < 4.78 is 1.87. The molecule has 5 rings (SSSR count). The molecule has 1 saturated carbocycles. The van der Waals surface area contributed by atoms with E-state index in [0.717, 1.165) is 43.1 Å². The predicted octanol–water partition coefficient (Wildman–Crippen LogP) is 4.40. The first-order valence-electron chi connectivity index (χ1n) is 12.2. The Hall–Kier alpha value is -2.83. The summed E-state index contributed by atoms with van der Waals surface area (Å²) in [5.74, 6) is 1.19. The predicted molar refractivity (Wildman–Crippen MR) is 124 cm³/mol. The molecule has 1 aliphatic carbocycles. The molecule has 0 bridgehead atoms. The van der Waals surface area contributed by atoms with Gasteiger partial charge in [-0.2, -0.15) is 5.10 Å². The SMILES string of the molecule is O=C(Nc1cc(C2CCCC2)nn1-c1ccccc1)C1CCN(C(=O)N2CCCC2)CC1. The minimum atomic E-state index is -0.0771. The Labute approximate surface area is 189 Å². The molecule has 2 saturated heterocycles. The molecular formula is C25H33N5O2. The third-order valence-corrected chi connectivity index (χ3v) is 7.27. The van der Waals surface area contributed by atoms with Crippen molar-refractivity contribution in [3.05, 3.63) is 42.1 Å². The fraction of sp³-hybridized carbons (Fsp3) is 0.560. The van der Waals surface area contributed by atoms with Crippen molar-refractivity contribution in [1.82, 2.24) is 19.6 Å². The van der Waals surface area contributed by atoms with Crippen LogP contribution in [0.5, 0.6) is 0 Å². The third-order valence-electron chi connectivity index (χ3n) is 7.27. The average Bonchev–Trinajstić information content (AvgIpc) is 3.61.